The van der Waals surface area contributed by atoms with Crippen molar-refractivity contribution in [1.29, 1.82) is 0 Å². The van der Waals surface area contributed by atoms with Crippen LogP contribution in [0.15, 0.2) is 47.4 Å². The summed E-state index contributed by atoms with van der Waals surface area (Å²) >= 11 is 2.01. The number of hydrogen-bond donors (Lipinski definition) is 0. The molecular formula is C24H28ClFN2OS. The number of halogens is 2. The van der Waals surface area contributed by atoms with Crippen LogP contribution in [0.4, 0.5) is 10.1 Å². The van der Waals surface area contributed by atoms with Crippen LogP contribution < -0.4 is 4.90 Å². The third kappa shape index (κ3) is 4.12. The lowest BCUT2D eigenvalue weighted by Gasteiger charge is -2.39. The monoisotopic (exact) mass is 446 g/mol. The Labute approximate surface area is 188 Å². The first-order valence-electron chi connectivity index (χ1n) is 10.7. The number of Topliss-reactive ketones (excluding diaryl/α,β-unsaturated/α-hetero) is 1. The first kappa shape index (κ1) is 21.7. The Hall–Kier alpha value is -1.56. The molecule has 1 fully saturated rings. The highest BCUT2D eigenvalue weighted by atomic mass is 35.5. The lowest BCUT2D eigenvalue weighted by molar-refractivity contribution is 0.0971. The molecule has 160 valence electrons. The van der Waals surface area contributed by atoms with E-state index in [1.54, 1.807) is 12.1 Å². The number of benzene rings is 2. The molecule has 0 aliphatic carbocycles. The predicted octanol–water partition coefficient (Wildman–Crippen LogP) is 5.38. The second kappa shape index (κ2) is 9.29. The van der Waals surface area contributed by atoms with Gasteiger partial charge in [0.05, 0.1) is 5.69 Å². The number of likely N-dealkylation sites (tertiary alicyclic amines) is 1. The second-order valence-electron chi connectivity index (χ2n) is 8.39. The zero-order chi connectivity index (χ0) is 19.8. The summed E-state index contributed by atoms with van der Waals surface area (Å²) in [4.78, 5) is 19.1. The van der Waals surface area contributed by atoms with E-state index in [1.165, 1.54) is 53.4 Å². The average molecular weight is 447 g/mol. The molecule has 2 aromatic rings. The van der Waals surface area contributed by atoms with Gasteiger partial charge < -0.3 is 9.80 Å². The van der Waals surface area contributed by atoms with Gasteiger partial charge in [0.25, 0.3) is 0 Å². The Kier molecular flexibility index (Phi) is 6.71. The van der Waals surface area contributed by atoms with Gasteiger partial charge in [-0.15, -0.1) is 24.2 Å². The number of thioether (sulfide) groups is 1. The number of fused-ring (bicyclic) bond motifs is 3. The number of rotatable bonds is 5. The minimum atomic E-state index is -0.295. The van der Waals surface area contributed by atoms with E-state index in [2.05, 4.69) is 28.0 Å². The van der Waals surface area contributed by atoms with E-state index < -0.39 is 0 Å². The number of ketones is 1. The lowest BCUT2D eigenvalue weighted by atomic mass is 9.89. The number of hydrogen-bond acceptors (Lipinski definition) is 4. The molecule has 30 heavy (non-hydrogen) atoms. The molecule has 2 atom stereocenters. The Morgan fingerprint density at radius 2 is 1.97 bits per heavy atom. The maximum atomic E-state index is 13.0. The summed E-state index contributed by atoms with van der Waals surface area (Å²) in [5.74, 6) is 1.63. The summed E-state index contributed by atoms with van der Waals surface area (Å²) in [6, 6.07) is 13.4. The summed E-state index contributed by atoms with van der Waals surface area (Å²) < 4.78 is 13.0. The molecule has 0 unspecified atom stereocenters. The highest BCUT2D eigenvalue weighted by molar-refractivity contribution is 7.99. The third-order valence-corrected chi connectivity index (χ3v) is 7.76. The molecule has 0 radical (unpaired) electrons. The Bertz CT molecular complexity index is 907. The van der Waals surface area contributed by atoms with E-state index in [0.29, 0.717) is 23.9 Å². The molecule has 0 saturated carbocycles. The van der Waals surface area contributed by atoms with Gasteiger partial charge >= 0.3 is 0 Å². The predicted molar refractivity (Wildman–Crippen MR) is 124 cm³/mol. The Morgan fingerprint density at radius 3 is 2.80 bits per heavy atom. The van der Waals surface area contributed by atoms with Crippen molar-refractivity contribution < 1.29 is 9.18 Å². The van der Waals surface area contributed by atoms with Crippen molar-refractivity contribution in [3.8, 4) is 0 Å². The van der Waals surface area contributed by atoms with Crippen LogP contribution in [0.2, 0.25) is 0 Å². The van der Waals surface area contributed by atoms with Gasteiger partial charge in [-0.25, -0.2) is 4.39 Å². The number of anilines is 1. The first-order chi connectivity index (χ1) is 14.2. The Balaban J connectivity index is 0.00000218. The van der Waals surface area contributed by atoms with E-state index in [-0.39, 0.29) is 24.0 Å². The lowest BCUT2D eigenvalue weighted by Crippen LogP contribution is -2.46. The Morgan fingerprint density at radius 1 is 1.13 bits per heavy atom. The van der Waals surface area contributed by atoms with Gasteiger partial charge in [0, 0.05) is 48.5 Å². The third-order valence-electron chi connectivity index (χ3n) is 6.62. The van der Waals surface area contributed by atoms with Crippen LogP contribution >= 0.6 is 24.2 Å². The summed E-state index contributed by atoms with van der Waals surface area (Å²) in [7, 11) is 0. The highest BCUT2D eigenvalue weighted by Gasteiger charge is 2.43. The van der Waals surface area contributed by atoms with E-state index in [4.69, 9.17) is 0 Å². The SMILES string of the molecule is Cl.O=C(CCCN1CC[C@H]2[C@@H](C1)c1cccc3c1N2CCCS3)c1ccc(F)cc1. The van der Waals surface area contributed by atoms with E-state index in [1.807, 2.05) is 11.8 Å². The second-order valence-corrected chi connectivity index (χ2v) is 9.52. The van der Waals surface area contributed by atoms with Crippen molar-refractivity contribution in [3.05, 3.63) is 59.4 Å². The quantitative estimate of drug-likeness (QED) is 0.575. The van der Waals surface area contributed by atoms with Gasteiger partial charge in [-0.3, -0.25) is 4.79 Å². The molecule has 0 spiro atoms. The summed E-state index contributed by atoms with van der Waals surface area (Å²) in [6.45, 7) is 4.34. The minimum Gasteiger partial charge on any atom is -0.367 e. The van der Waals surface area contributed by atoms with Crippen LogP contribution in [0.5, 0.6) is 0 Å². The molecular weight excluding hydrogens is 419 g/mol. The zero-order valence-corrected chi connectivity index (χ0v) is 18.7. The van der Waals surface area contributed by atoms with Crippen molar-refractivity contribution in [2.75, 3.05) is 36.8 Å². The molecule has 3 nitrogen and oxygen atoms in total. The van der Waals surface area contributed by atoms with Crippen molar-refractivity contribution in [2.24, 2.45) is 0 Å². The fourth-order valence-electron chi connectivity index (χ4n) is 5.26. The van der Waals surface area contributed by atoms with Crippen molar-refractivity contribution >= 4 is 35.6 Å². The van der Waals surface area contributed by atoms with Gasteiger partial charge in [-0.05, 0) is 67.5 Å². The molecule has 0 amide bonds. The molecule has 0 N–H and O–H groups in total. The minimum absolute atomic E-state index is 0. The summed E-state index contributed by atoms with van der Waals surface area (Å²) in [6.07, 6.45) is 3.85. The van der Waals surface area contributed by atoms with Crippen molar-refractivity contribution in [2.45, 2.75) is 42.5 Å². The van der Waals surface area contributed by atoms with E-state index in [0.717, 1.165) is 26.1 Å². The fraction of sp³-hybridized carbons (Fsp3) is 0.458. The smallest absolute Gasteiger partial charge is 0.162 e. The molecule has 0 aromatic heterocycles. The van der Waals surface area contributed by atoms with Crippen LogP contribution in [0, 0.1) is 5.82 Å². The fourth-order valence-corrected chi connectivity index (χ4v) is 6.30. The maximum Gasteiger partial charge on any atom is 0.162 e. The molecule has 5 rings (SSSR count). The van der Waals surface area contributed by atoms with Crippen molar-refractivity contribution in [1.82, 2.24) is 4.90 Å². The molecule has 1 saturated heterocycles. The van der Waals surface area contributed by atoms with Gasteiger partial charge in [0.1, 0.15) is 5.82 Å². The average Bonchev–Trinajstić information content (AvgIpc) is 2.89. The van der Waals surface area contributed by atoms with E-state index >= 15 is 0 Å². The van der Waals surface area contributed by atoms with Gasteiger partial charge in [0.2, 0.25) is 0 Å². The van der Waals surface area contributed by atoms with E-state index in [9.17, 15) is 9.18 Å². The summed E-state index contributed by atoms with van der Waals surface area (Å²) in [5, 5.41) is 0. The number of para-hydroxylation sites is 1. The van der Waals surface area contributed by atoms with Crippen LogP contribution in [-0.2, 0) is 0 Å². The van der Waals surface area contributed by atoms with Gasteiger partial charge in [-0.1, -0.05) is 12.1 Å². The molecule has 3 aliphatic heterocycles. The standard InChI is InChI=1S/C24H27FN2OS.ClH/c25-18-9-7-17(8-10-18)22(28)5-2-12-26-14-11-21-20(16-26)19-4-1-6-23-24(19)27(21)13-3-15-29-23;/h1,4,6-10,20-21H,2-3,5,11-16H2;1H/t20-,21-;/m0./s1. The van der Waals surface area contributed by atoms with Crippen LogP contribution in [0.3, 0.4) is 0 Å². The topological polar surface area (TPSA) is 23.6 Å². The van der Waals surface area contributed by atoms with Gasteiger partial charge in [-0.2, -0.15) is 0 Å². The molecule has 2 aromatic carbocycles. The molecule has 3 heterocycles. The molecule has 0 bridgehead atoms. The van der Waals surface area contributed by atoms with Crippen LogP contribution in [-0.4, -0.2) is 48.7 Å². The zero-order valence-electron chi connectivity index (χ0n) is 17.1. The number of piperidine rings is 1. The number of nitrogens with zero attached hydrogens (tertiary/aromatic N) is 2. The largest absolute Gasteiger partial charge is 0.367 e. The van der Waals surface area contributed by atoms with Crippen molar-refractivity contribution in [3.63, 3.8) is 0 Å². The normalized spacial score (nSPS) is 22.6. The molecule has 3 aliphatic rings. The summed E-state index contributed by atoms with van der Waals surface area (Å²) in [5.41, 5.74) is 3.66. The highest BCUT2D eigenvalue weighted by Crippen LogP contribution is 2.50. The first-order valence-corrected chi connectivity index (χ1v) is 11.7. The molecule has 6 heteroatoms. The number of carbonyl (C=O) groups excluding carboxylic acids is 1. The number of carbonyl (C=O) groups is 1. The maximum absolute atomic E-state index is 13.0. The van der Waals surface area contributed by atoms with Crippen LogP contribution in [0.1, 0.15) is 47.5 Å². The van der Waals surface area contributed by atoms with Crippen LogP contribution in [0.25, 0.3) is 0 Å². The van der Waals surface area contributed by atoms with Gasteiger partial charge in [0.15, 0.2) is 5.78 Å².